The number of esters is 2. The summed E-state index contributed by atoms with van der Waals surface area (Å²) in [5.41, 5.74) is -0.798. The van der Waals surface area contributed by atoms with Crippen LogP contribution in [0.5, 0.6) is 11.5 Å². The van der Waals surface area contributed by atoms with E-state index in [0.717, 1.165) is 11.1 Å². The molecule has 0 aliphatic carbocycles. The van der Waals surface area contributed by atoms with E-state index >= 15 is 0 Å². The molecule has 4 rings (SSSR count). The van der Waals surface area contributed by atoms with Crippen molar-refractivity contribution in [3.05, 3.63) is 59.7 Å². The minimum atomic E-state index is -1.12. The van der Waals surface area contributed by atoms with Crippen LogP contribution in [0.2, 0.25) is 0 Å². The number of hydrogen-bond acceptors (Lipinski definition) is 4. The average Bonchev–Trinajstić information content (AvgIpc) is 2.94. The molecule has 0 bridgehead atoms. The van der Waals surface area contributed by atoms with Gasteiger partial charge >= 0.3 is 11.9 Å². The lowest BCUT2D eigenvalue weighted by atomic mass is 9.60. The van der Waals surface area contributed by atoms with Gasteiger partial charge in [0.05, 0.1) is 0 Å². The van der Waals surface area contributed by atoms with Crippen molar-refractivity contribution < 1.29 is 19.1 Å². The molecule has 0 fully saturated rings. The van der Waals surface area contributed by atoms with Crippen molar-refractivity contribution in [1.82, 2.24) is 0 Å². The van der Waals surface area contributed by atoms with Crippen molar-refractivity contribution in [2.45, 2.75) is 24.7 Å². The molecule has 0 spiro atoms. The van der Waals surface area contributed by atoms with E-state index in [4.69, 9.17) is 9.47 Å². The summed E-state index contributed by atoms with van der Waals surface area (Å²) < 4.78 is 10.8. The highest BCUT2D eigenvalue weighted by molar-refractivity contribution is 6.03. The van der Waals surface area contributed by atoms with Gasteiger partial charge in [0.2, 0.25) is 0 Å². The molecule has 4 heteroatoms. The van der Waals surface area contributed by atoms with Crippen molar-refractivity contribution in [3.8, 4) is 11.5 Å². The van der Waals surface area contributed by atoms with Crippen LogP contribution in [0.1, 0.15) is 25.0 Å². The van der Waals surface area contributed by atoms with Crippen LogP contribution in [0.25, 0.3) is 0 Å². The Hall–Kier alpha value is -2.62. The fourth-order valence-electron chi connectivity index (χ4n) is 3.51. The topological polar surface area (TPSA) is 52.6 Å². The molecule has 2 aliphatic rings. The molecule has 0 saturated heterocycles. The van der Waals surface area contributed by atoms with Crippen LogP contribution in [-0.4, -0.2) is 11.9 Å². The molecule has 2 heterocycles. The van der Waals surface area contributed by atoms with Crippen LogP contribution in [0.15, 0.2) is 48.5 Å². The standard InChI is InChI=1S/C18H14O4/c1-17(11-7-3-5-9-13(11)21-15(17)19)18(2)12-8-4-6-10-14(12)22-16(18)20/h3-10H,1-2H3/t17-,18-/m1/s1. The van der Waals surface area contributed by atoms with Gasteiger partial charge in [-0.15, -0.1) is 0 Å². The number of carbonyl (C=O) groups excluding carboxylic acids is 2. The van der Waals surface area contributed by atoms with E-state index in [9.17, 15) is 9.59 Å². The summed E-state index contributed by atoms with van der Waals surface area (Å²) in [6.07, 6.45) is 0. The summed E-state index contributed by atoms with van der Waals surface area (Å²) in [7, 11) is 0. The van der Waals surface area contributed by atoms with Gasteiger partial charge in [-0.05, 0) is 26.0 Å². The largest absolute Gasteiger partial charge is 0.426 e. The van der Waals surface area contributed by atoms with E-state index < -0.39 is 22.8 Å². The van der Waals surface area contributed by atoms with Gasteiger partial charge < -0.3 is 9.47 Å². The van der Waals surface area contributed by atoms with E-state index in [2.05, 4.69) is 0 Å². The van der Waals surface area contributed by atoms with Gasteiger partial charge in [-0.2, -0.15) is 0 Å². The van der Waals surface area contributed by atoms with Crippen LogP contribution >= 0.6 is 0 Å². The molecule has 0 aromatic heterocycles. The number of rotatable bonds is 1. The Bertz CT molecular complexity index is 756. The fourth-order valence-corrected chi connectivity index (χ4v) is 3.51. The van der Waals surface area contributed by atoms with E-state index in [1.165, 1.54) is 0 Å². The van der Waals surface area contributed by atoms with Gasteiger partial charge in [0.1, 0.15) is 22.3 Å². The Morgan fingerprint density at radius 1 is 0.682 bits per heavy atom. The quantitative estimate of drug-likeness (QED) is 0.599. The van der Waals surface area contributed by atoms with E-state index in [1.807, 2.05) is 24.3 Å². The first-order valence-corrected chi connectivity index (χ1v) is 7.13. The summed E-state index contributed by atoms with van der Waals surface area (Å²) in [6.45, 7) is 3.51. The summed E-state index contributed by atoms with van der Waals surface area (Å²) in [5, 5.41) is 0. The van der Waals surface area contributed by atoms with E-state index in [0.29, 0.717) is 11.5 Å². The second-order valence-electron chi connectivity index (χ2n) is 6.02. The minimum absolute atomic E-state index is 0.426. The van der Waals surface area contributed by atoms with E-state index in [-0.39, 0.29) is 0 Å². The van der Waals surface area contributed by atoms with Crippen LogP contribution < -0.4 is 9.47 Å². The zero-order chi connectivity index (χ0) is 15.5. The first-order chi connectivity index (χ1) is 10.5. The Morgan fingerprint density at radius 2 is 1.05 bits per heavy atom. The monoisotopic (exact) mass is 294 g/mol. The predicted octanol–water partition coefficient (Wildman–Crippen LogP) is 2.74. The Morgan fingerprint density at radius 3 is 1.45 bits per heavy atom. The third-order valence-corrected chi connectivity index (χ3v) is 5.07. The van der Waals surface area contributed by atoms with Crippen molar-refractivity contribution in [2.24, 2.45) is 0 Å². The average molecular weight is 294 g/mol. The van der Waals surface area contributed by atoms with Crippen LogP contribution in [0.4, 0.5) is 0 Å². The van der Waals surface area contributed by atoms with Gasteiger partial charge in [-0.25, -0.2) is 0 Å². The molecular weight excluding hydrogens is 280 g/mol. The number of para-hydroxylation sites is 2. The Kier molecular flexibility index (Phi) is 2.36. The molecular formula is C18H14O4. The highest BCUT2D eigenvalue weighted by Crippen LogP contribution is 2.56. The van der Waals surface area contributed by atoms with E-state index in [1.54, 1.807) is 38.1 Å². The SMILES string of the molecule is C[C@]1([C@@]2(C)C(=O)Oc3ccccc32)C(=O)Oc2ccccc21. The summed E-state index contributed by atoms with van der Waals surface area (Å²) >= 11 is 0. The van der Waals surface area contributed by atoms with Gasteiger partial charge in [-0.1, -0.05) is 36.4 Å². The van der Waals surface area contributed by atoms with Crippen molar-refractivity contribution in [3.63, 3.8) is 0 Å². The molecule has 0 unspecified atom stereocenters. The number of carbonyl (C=O) groups is 2. The lowest BCUT2D eigenvalue weighted by molar-refractivity contribution is -0.149. The summed E-state index contributed by atoms with van der Waals surface area (Å²) in [5.74, 6) is 0.163. The zero-order valence-electron chi connectivity index (χ0n) is 12.3. The number of fused-ring (bicyclic) bond motifs is 2. The molecule has 0 amide bonds. The van der Waals surface area contributed by atoms with Crippen LogP contribution in [0.3, 0.4) is 0 Å². The lowest BCUT2D eigenvalue weighted by Crippen LogP contribution is -2.53. The lowest BCUT2D eigenvalue weighted by Gasteiger charge is -2.35. The van der Waals surface area contributed by atoms with Gasteiger partial charge in [-0.3, -0.25) is 9.59 Å². The summed E-state index contributed by atoms with van der Waals surface area (Å²) in [4.78, 5) is 25.3. The number of hydrogen-bond donors (Lipinski definition) is 0. The second-order valence-corrected chi connectivity index (χ2v) is 6.02. The minimum Gasteiger partial charge on any atom is -0.426 e. The van der Waals surface area contributed by atoms with Crippen LogP contribution in [-0.2, 0) is 20.4 Å². The number of benzene rings is 2. The zero-order valence-corrected chi connectivity index (χ0v) is 12.3. The third kappa shape index (κ3) is 1.28. The number of ether oxygens (including phenoxy) is 2. The highest BCUT2D eigenvalue weighted by atomic mass is 16.6. The first-order valence-electron chi connectivity index (χ1n) is 7.13. The summed E-state index contributed by atoms with van der Waals surface area (Å²) in [6, 6.07) is 14.5. The highest BCUT2D eigenvalue weighted by Gasteiger charge is 2.65. The van der Waals surface area contributed by atoms with Crippen molar-refractivity contribution in [2.75, 3.05) is 0 Å². The third-order valence-electron chi connectivity index (χ3n) is 5.07. The normalized spacial score (nSPS) is 28.8. The Balaban J connectivity index is 2.02. The van der Waals surface area contributed by atoms with Gasteiger partial charge in [0, 0.05) is 11.1 Å². The molecule has 0 saturated carbocycles. The molecule has 2 aliphatic heterocycles. The maximum atomic E-state index is 12.7. The van der Waals surface area contributed by atoms with Crippen molar-refractivity contribution >= 4 is 11.9 Å². The maximum Gasteiger partial charge on any atom is 0.323 e. The molecule has 2 aromatic carbocycles. The van der Waals surface area contributed by atoms with Crippen LogP contribution in [0, 0.1) is 0 Å². The molecule has 2 atom stereocenters. The smallest absolute Gasteiger partial charge is 0.323 e. The predicted molar refractivity (Wildman–Crippen MR) is 78.9 cm³/mol. The maximum absolute atomic E-state index is 12.7. The van der Waals surface area contributed by atoms with Gasteiger partial charge in [0.15, 0.2) is 0 Å². The molecule has 4 nitrogen and oxygen atoms in total. The van der Waals surface area contributed by atoms with Gasteiger partial charge in [0.25, 0.3) is 0 Å². The molecule has 2 aromatic rings. The first kappa shape index (κ1) is 13.1. The fraction of sp³-hybridized carbons (Fsp3) is 0.222. The molecule has 110 valence electrons. The Labute approximate surface area is 127 Å². The molecule has 0 radical (unpaired) electrons. The second kappa shape index (κ2) is 3.97. The van der Waals surface area contributed by atoms with Crippen molar-refractivity contribution in [1.29, 1.82) is 0 Å². The molecule has 0 N–H and O–H groups in total. The molecule has 22 heavy (non-hydrogen) atoms.